The highest BCUT2D eigenvalue weighted by Crippen LogP contribution is 2.33. The summed E-state index contributed by atoms with van der Waals surface area (Å²) in [5.74, 6) is -0.0871. The van der Waals surface area contributed by atoms with Crippen LogP contribution in [0.4, 0.5) is 5.69 Å². The number of phenols is 1. The second kappa shape index (κ2) is 4.04. The van der Waals surface area contributed by atoms with Crippen LogP contribution in [0.1, 0.15) is 30.4 Å². The van der Waals surface area contributed by atoms with Gasteiger partial charge in [-0.1, -0.05) is 6.07 Å². The molecule has 1 aliphatic carbocycles. The Balaban J connectivity index is 2.21. The molecule has 0 heterocycles. The van der Waals surface area contributed by atoms with Crippen LogP contribution in [-0.2, 0) is 4.79 Å². The van der Waals surface area contributed by atoms with Gasteiger partial charge in [-0.25, -0.2) is 0 Å². The molecule has 4 N–H and O–H groups in total. The van der Waals surface area contributed by atoms with E-state index in [0.29, 0.717) is 18.5 Å². The second-order valence-corrected chi connectivity index (χ2v) is 4.94. The number of hydrogen-bond donors (Lipinski definition) is 3. The zero-order chi connectivity index (χ0) is 12.6. The molecule has 0 spiro atoms. The SMILES string of the molecule is Cc1cc(C)c(O)c(NC(=O)C2(N)CCC2)c1. The van der Waals surface area contributed by atoms with E-state index in [9.17, 15) is 9.90 Å². The third kappa shape index (κ3) is 2.13. The first-order chi connectivity index (χ1) is 7.92. The highest BCUT2D eigenvalue weighted by molar-refractivity contribution is 5.99. The minimum atomic E-state index is -0.746. The maximum atomic E-state index is 11.9. The number of anilines is 1. The highest BCUT2D eigenvalue weighted by Gasteiger charge is 2.40. The van der Waals surface area contributed by atoms with Crippen molar-refractivity contribution in [1.29, 1.82) is 0 Å². The van der Waals surface area contributed by atoms with Crippen LogP contribution < -0.4 is 11.1 Å². The molecular formula is C13H18N2O2. The fraction of sp³-hybridized carbons (Fsp3) is 0.462. The fourth-order valence-corrected chi connectivity index (χ4v) is 2.09. The third-order valence-corrected chi connectivity index (χ3v) is 3.39. The van der Waals surface area contributed by atoms with Gasteiger partial charge in [0, 0.05) is 0 Å². The van der Waals surface area contributed by atoms with Gasteiger partial charge in [0.1, 0.15) is 5.75 Å². The van der Waals surface area contributed by atoms with E-state index in [1.54, 1.807) is 13.0 Å². The van der Waals surface area contributed by atoms with Gasteiger partial charge in [-0.05, 0) is 50.3 Å². The molecule has 1 aromatic rings. The first kappa shape index (κ1) is 11.9. The third-order valence-electron chi connectivity index (χ3n) is 3.39. The number of aromatic hydroxyl groups is 1. The predicted octanol–water partition coefficient (Wildman–Crippen LogP) is 1.83. The summed E-state index contributed by atoms with van der Waals surface area (Å²) in [6.45, 7) is 3.73. The Bertz CT molecular complexity index is 465. The minimum Gasteiger partial charge on any atom is -0.505 e. The molecule has 0 saturated heterocycles. The largest absolute Gasteiger partial charge is 0.505 e. The van der Waals surface area contributed by atoms with Crippen molar-refractivity contribution in [2.24, 2.45) is 5.73 Å². The minimum absolute atomic E-state index is 0.117. The molecule has 2 rings (SSSR count). The molecule has 1 fully saturated rings. The monoisotopic (exact) mass is 234 g/mol. The summed E-state index contributed by atoms with van der Waals surface area (Å²) in [7, 11) is 0. The zero-order valence-corrected chi connectivity index (χ0v) is 10.2. The van der Waals surface area contributed by atoms with E-state index in [1.165, 1.54) is 0 Å². The number of hydrogen-bond acceptors (Lipinski definition) is 3. The summed E-state index contributed by atoms with van der Waals surface area (Å²) in [6.07, 6.45) is 2.41. The number of carbonyl (C=O) groups is 1. The number of amides is 1. The van der Waals surface area contributed by atoms with E-state index in [1.807, 2.05) is 13.0 Å². The highest BCUT2D eigenvalue weighted by atomic mass is 16.3. The van der Waals surface area contributed by atoms with Crippen molar-refractivity contribution in [2.75, 3.05) is 5.32 Å². The quantitative estimate of drug-likeness (QED) is 0.683. The van der Waals surface area contributed by atoms with Crippen molar-refractivity contribution >= 4 is 11.6 Å². The summed E-state index contributed by atoms with van der Waals surface area (Å²) in [4.78, 5) is 11.9. The molecule has 1 aliphatic rings. The fourth-order valence-electron chi connectivity index (χ4n) is 2.09. The molecular weight excluding hydrogens is 216 g/mol. The van der Waals surface area contributed by atoms with Gasteiger partial charge >= 0.3 is 0 Å². The average molecular weight is 234 g/mol. The van der Waals surface area contributed by atoms with E-state index in [4.69, 9.17) is 5.73 Å². The molecule has 0 aromatic heterocycles. The Kier molecular flexibility index (Phi) is 2.83. The van der Waals surface area contributed by atoms with Crippen LogP contribution in [-0.4, -0.2) is 16.6 Å². The maximum Gasteiger partial charge on any atom is 0.244 e. The number of benzene rings is 1. The second-order valence-electron chi connectivity index (χ2n) is 4.94. The maximum absolute atomic E-state index is 11.9. The first-order valence-corrected chi connectivity index (χ1v) is 5.83. The molecule has 0 bridgehead atoms. The molecule has 1 amide bonds. The van der Waals surface area contributed by atoms with Gasteiger partial charge in [-0.2, -0.15) is 0 Å². The summed E-state index contributed by atoms with van der Waals surface area (Å²) in [5, 5.41) is 12.6. The van der Waals surface area contributed by atoms with E-state index < -0.39 is 5.54 Å². The number of nitrogens with one attached hydrogen (secondary N) is 1. The molecule has 4 heteroatoms. The van der Waals surface area contributed by atoms with Crippen molar-refractivity contribution < 1.29 is 9.90 Å². The molecule has 92 valence electrons. The molecule has 0 atom stereocenters. The Morgan fingerprint density at radius 2 is 2.06 bits per heavy atom. The van der Waals surface area contributed by atoms with Gasteiger partial charge in [-0.15, -0.1) is 0 Å². The number of nitrogens with two attached hydrogens (primary N) is 1. The van der Waals surface area contributed by atoms with Gasteiger partial charge in [0.15, 0.2) is 0 Å². The smallest absolute Gasteiger partial charge is 0.244 e. The van der Waals surface area contributed by atoms with Crippen molar-refractivity contribution in [1.82, 2.24) is 0 Å². The van der Waals surface area contributed by atoms with Gasteiger partial charge < -0.3 is 16.2 Å². The Labute approximate surface area is 101 Å². The van der Waals surface area contributed by atoms with Crippen molar-refractivity contribution in [3.8, 4) is 5.75 Å². The van der Waals surface area contributed by atoms with E-state index in [0.717, 1.165) is 17.5 Å². The normalized spacial score (nSPS) is 17.4. The first-order valence-electron chi connectivity index (χ1n) is 5.83. The van der Waals surface area contributed by atoms with Crippen molar-refractivity contribution in [3.63, 3.8) is 0 Å². The van der Waals surface area contributed by atoms with Gasteiger partial charge in [0.2, 0.25) is 5.91 Å². The van der Waals surface area contributed by atoms with Crippen molar-refractivity contribution in [2.45, 2.75) is 38.6 Å². The summed E-state index contributed by atoms with van der Waals surface area (Å²) >= 11 is 0. The van der Waals surface area contributed by atoms with Crippen LogP contribution in [0.2, 0.25) is 0 Å². The molecule has 0 radical (unpaired) electrons. The predicted molar refractivity (Wildman–Crippen MR) is 67.0 cm³/mol. The Morgan fingerprint density at radius 1 is 1.41 bits per heavy atom. The lowest BCUT2D eigenvalue weighted by atomic mass is 9.77. The Morgan fingerprint density at radius 3 is 2.59 bits per heavy atom. The summed E-state index contributed by atoms with van der Waals surface area (Å²) in [6, 6.07) is 3.62. The topological polar surface area (TPSA) is 75.3 Å². The van der Waals surface area contributed by atoms with Crippen LogP contribution in [0.25, 0.3) is 0 Å². The molecule has 4 nitrogen and oxygen atoms in total. The number of rotatable bonds is 2. The van der Waals surface area contributed by atoms with Gasteiger partial charge in [0.05, 0.1) is 11.2 Å². The van der Waals surface area contributed by atoms with Crippen LogP contribution in [0.15, 0.2) is 12.1 Å². The van der Waals surface area contributed by atoms with E-state index in [-0.39, 0.29) is 11.7 Å². The van der Waals surface area contributed by atoms with Crippen LogP contribution in [0, 0.1) is 13.8 Å². The van der Waals surface area contributed by atoms with Crippen LogP contribution in [0.5, 0.6) is 5.75 Å². The van der Waals surface area contributed by atoms with Gasteiger partial charge in [0.25, 0.3) is 0 Å². The lowest BCUT2D eigenvalue weighted by Gasteiger charge is -2.36. The molecule has 1 saturated carbocycles. The van der Waals surface area contributed by atoms with Gasteiger partial charge in [-0.3, -0.25) is 4.79 Å². The molecule has 0 aliphatic heterocycles. The lowest BCUT2D eigenvalue weighted by molar-refractivity contribution is -0.123. The number of carbonyl (C=O) groups excluding carboxylic acids is 1. The lowest BCUT2D eigenvalue weighted by Crippen LogP contribution is -2.56. The average Bonchev–Trinajstić information content (AvgIpc) is 2.21. The van der Waals surface area contributed by atoms with Crippen LogP contribution >= 0.6 is 0 Å². The summed E-state index contributed by atoms with van der Waals surface area (Å²) < 4.78 is 0. The summed E-state index contributed by atoms with van der Waals surface area (Å²) in [5.41, 5.74) is 7.37. The number of aryl methyl sites for hydroxylation is 2. The Hall–Kier alpha value is -1.55. The molecule has 1 aromatic carbocycles. The van der Waals surface area contributed by atoms with E-state index in [2.05, 4.69) is 5.32 Å². The standard InChI is InChI=1S/C13H18N2O2/c1-8-6-9(2)11(16)10(7-8)15-12(17)13(14)4-3-5-13/h6-7,16H,3-5,14H2,1-2H3,(H,15,17). The zero-order valence-electron chi connectivity index (χ0n) is 10.2. The van der Waals surface area contributed by atoms with Crippen molar-refractivity contribution in [3.05, 3.63) is 23.3 Å². The molecule has 17 heavy (non-hydrogen) atoms. The van der Waals surface area contributed by atoms with E-state index >= 15 is 0 Å². The number of phenolic OH excluding ortho intramolecular Hbond substituents is 1. The molecule has 0 unspecified atom stereocenters. The van der Waals surface area contributed by atoms with Crippen LogP contribution in [0.3, 0.4) is 0 Å².